The molecule has 0 aliphatic heterocycles. The predicted octanol–water partition coefficient (Wildman–Crippen LogP) is 4.10. The van der Waals surface area contributed by atoms with Crippen LogP contribution in [-0.4, -0.2) is 31.0 Å². The van der Waals surface area contributed by atoms with Crippen LogP contribution < -0.4 is 15.4 Å². The van der Waals surface area contributed by atoms with Crippen molar-refractivity contribution in [1.29, 1.82) is 0 Å². The molecule has 6 heteroatoms. The van der Waals surface area contributed by atoms with Crippen molar-refractivity contribution in [1.82, 2.24) is 10.6 Å². The summed E-state index contributed by atoms with van der Waals surface area (Å²) in [6.07, 6.45) is 0.683. The van der Waals surface area contributed by atoms with Gasteiger partial charge in [0.25, 0.3) is 5.91 Å². The molecule has 0 heterocycles. The first-order valence-corrected chi connectivity index (χ1v) is 10.2. The first-order valence-electron chi connectivity index (χ1n) is 9.41. The summed E-state index contributed by atoms with van der Waals surface area (Å²) in [5.41, 5.74) is 1.65. The highest BCUT2D eigenvalue weighted by molar-refractivity contribution is 9.10. The molecule has 2 N–H and O–H groups in total. The Balaban J connectivity index is 1.80. The van der Waals surface area contributed by atoms with Gasteiger partial charge in [0.1, 0.15) is 11.8 Å². The van der Waals surface area contributed by atoms with E-state index in [1.54, 1.807) is 18.2 Å². The van der Waals surface area contributed by atoms with Crippen molar-refractivity contribution < 1.29 is 14.3 Å². The van der Waals surface area contributed by atoms with E-state index in [2.05, 4.69) is 26.6 Å². The molecule has 0 spiro atoms. The number of aryl methyl sites for hydroxylation is 1. The quantitative estimate of drug-likeness (QED) is 0.569. The zero-order valence-electron chi connectivity index (χ0n) is 16.5. The van der Waals surface area contributed by atoms with E-state index < -0.39 is 6.04 Å². The third-order valence-corrected chi connectivity index (χ3v) is 4.92. The molecular formula is C22H27BrN2O3. The van der Waals surface area contributed by atoms with Gasteiger partial charge in [-0.25, -0.2) is 0 Å². The van der Waals surface area contributed by atoms with Crippen LogP contribution in [0.3, 0.4) is 0 Å². The lowest BCUT2D eigenvalue weighted by Gasteiger charge is -2.22. The molecule has 0 aliphatic carbocycles. The van der Waals surface area contributed by atoms with Crippen molar-refractivity contribution in [2.24, 2.45) is 5.92 Å². The number of ether oxygens (including phenoxy) is 1. The standard InChI is InChI=1S/C22H27BrN2O3/c1-15(2)20(25-21(26)18-10-4-5-11-19(18)23)22(27)24-12-7-13-28-17-9-6-8-16(3)14-17/h4-6,8-11,14-15,20H,7,12-13H2,1-3H3,(H,24,27)(H,25,26). The van der Waals surface area contributed by atoms with E-state index in [4.69, 9.17) is 4.74 Å². The van der Waals surface area contributed by atoms with Crippen LogP contribution in [0, 0.1) is 12.8 Å². The highest BCUT2D eigenvalue weighted by Gasteiger charge is 2.24. The molecule has 0 saturated heterocycles. The highest BCUT2D eigenvalue weighted by Crippen LogP contribution is 2.16. The minimum atomic E-state index is -0.600. The smallest absolute Gasteiger partial charge is 0.253 e. The Morgan fingerprint density at radius 1 is 1.11 bits per heavy atom. The summed E-state index contributed by atoms with van der Waals surface area (Å²) in [5.74, 6) is 0.331. The summed E-state index contributed by atoms with van der Waals surface area (Å²) in [7, 11) is 0. The summed E-state index contributed by atoms with van der Waals surface area (Å²) in [6, 6.07) is 14.4. The highest BCUT2D eigenvalue weighted by atomic mass is 79.9. The second-order valence-corrected chi connectivity index (χ2v) is 7.84. The minimum Gasteiger partial charge on any atom is -0.494 e. The van der Waals surface area contributed by atoms with E-state index in [0.29, 0.717) is 29.6 Å². The Bertz CT molecular complexity index is 808. The Kier molecular flexibility index (Phi) is 8.51. The molecule has 1 atom stereocenters. The Morgan fingerprint density at radius 2 is 1.86 bits per heavy atom. The van der Waals surface area contributed by atoms with Crippen molar-refractivity contribution in [2.75, 3.05) is 13.2 Å². The first-order chi connectivity index (χ1) is 13.4. The molecule has 28 heavy (non-hydrogen) atoms. The zero-order chi connectivity index (χ0) is 20.5. The van der Waals surface area contributed by atoms with Crippen LogP contribution in [0.4, 0.5) is 0 Å². The van der Waals surface area contributed by atoms with E-state index in [0.717, 1.165) is 11.3 Å². The van der Waals surface area contributed by atoms with Gasteiger partial charge >= 0.3 is 0 Å². The summed E-state index contributed by atoms with van der Waals surface area (Å²) in [4.78, 5) is 25.0. The summed E-state index contributed by atoms with van der Waals surface area (Å²) in [5, 5.41) is 5.72. The Labute approximate surface area is 175 Å². The number of halogens is 1. The second-order valence-electron chi connectivity index (χ2n) is 6.98. The predicted molar refractivity (Wildman–Crippen MR) is 115 cm³/mol. The number of hydrogen-bond acceptors (Lipinski definition) is 3. The monoisotopic (exact) mass is 446 g/mol. The number of rotatable bonds is 9. The van der Waals surface area contributed by atoms with Crippen molar-refractivity contribution in [3.63, 3.8) is 0 Å². The van der Waals surface area contributed by atoms with Gasteiger partial charge in [0.2, 0.25) is 5.91 Å². The van der Waals surface area contributed by atoms with Crippen molar-refractivity contribution in [3.05, 3.63) is 64.1 Å². The normalized spacial score (nSPS) is 11.8. The average Bonchev–Trinajstić information content (AvgIpc) is 2.65. The molecule has 0 bridgehead atoms. The maximum absolute atomic E-state index is 12.5. The van der Waals surface area contributed by atoms with Gasteiger partial charge in [-0.05, 0) is 65.0 Å². The van der Waals surface area contributed by atoms with Crippen LogP contribution in [0.5, 0.6) is 5.75 Å². The topological polar surface area (TPSA) is 67.4 Å². The second kappa shape index (κ2) is 10.9. The van der Waals surface area contributed by atoms with Crippen molar-refractivity contribution >= 4 is 27.7 Å². The average molecular weight is 447 g/mol. The van der Waals surface area contributed by atoms with E-state index in [-0.39, 0.29) is 17.7 Å². The fraction of sp³-hybridized carbons (Fsp3) is 0.364. The molecule has 0 aliphatic rings. The molecule has 2 aromatic rings. The van der Waals surface area contributed by atoms with Crippen molar-refractivity contribution in [3.8, 4) is 5.75 Å². The van der Waals surface area contributed by atoms with Crippen LogP contribution in [0.15, 0.2) is 53.0 Å². The zero-order valence-corrected chi connectivity index (χ0v) is 18.1. The van der Waals surface area contributed by atoms with Gasteiger partial charge in [0, 0.05) is 11.0 Å². The van der Waals surface area contributed by atoms with Crippen LogP contribution in [-0.2, 0) is 4.79 Å². The molecule has 0 aromatic heterocycles. The van der Waals surface area contributed by atoms with Crippen molar-refractivity contribution in [2.45, 2.75) is 33.2 Å². The lowest BCUT2D eigenvalue weighted by Crippen LogP contribution is -2.50. The van der Waals surface area contributed by atoms with E-state index >= 15 is 0 Å². The van der Waals surface area contributed by atoms with E-state index in [9.17, 15) is 9.59 Å². The number of nitrogens with one attached hydrogen (secondary N) is 2. The number of hydrogen-bond donors (Lipinski definition) is 2. The molecule has 5 nitrogen and oxygen atoms in total. The Hall–Kier alpha value is -2.34. The van der Waals surface area contributed by atoms with Gasteiger partial charge in [-0.1, -0.05) is 38.1 Å². The first kappa shape index (κ1) is 22.0. The van der Waals surface area contributed by atoms with Gasteiger partial charge in [-0.2, -0.15) is 0 Å². The van der Waals surface area contributed by atoms with Gasteiger partial charge < -0.3 is 15.4 Å². The summed E-state index contributed by atoms with van der Waals surface area (Å²) in [6.45, 7) is 6.83. The molecule has 150 valence electrons. The molecular weight excluding hydrogens is 420 g/mol. The van der Waals surface area contributed by atoms with Gasteiger partial charge in [-0.15, -0.1) is 0 Å². The van der Waals surface area contributed by atoms with Crippen LogP contribution >= 0.6 is 15.9 Å². The Morgan fingerprint density at radius 3 is 2.54 bits per heavy atom. The SMILES string of the molecule is Cc1cccc(OCCCNC(=O)C(NC(=O)c2ccccc2Br)C(C)C)c1. The third-order valence-electron chi connectivity index (χ3n) is 4.23. The van der Waals surface area contributed by atoms with Gasteiger partial charge in [0.05, 0.1) is 12.2 Å². The van der Waals surface area contributed by atoms with E-state index in [1.165, 1.54) is 0 Å². The van der Waals surface area contributed by atoms with Gasteiger partial charge in [-0.3, -0.25) is 9.59 Å². The lowest BCUT2D eigenvalue weighted by atomic mass is 10.0. The van der Waals surface area contributed by atoms with Gasteiger partial charge in [0.15, 0.2) is 0 Å². The number of carbonyl (C=O) groups is 2. The fourth-order valence-corrected chi connectivity index (χ4v) is 3.15. The van der Waals surface area contributed by atoms with Crippen LogP contribution in [0.1, 0.15) is 36.2 Å². The van der Waals surface area contributed by atoms with Crippen LogP contribution in [0.25, 0.3) is 0 Å². The molecule has 1 unspecified atom stereocenters. The minimum absolute atomic E-state index is 0.0324. The summed E-state index contributed by atoms with van der Waals surface area (Å²) < 4.78 is 6.38. The molecule has 2 rings (SSSR count). The van der Waals surface area contributed by atoms with E-state index in [1.807, 2.05) is 51.1 Å². The number of carbonyl (C=O) groups excluding carboxylic acids is 2. The fourth-order valence-electron chi connectivity index (χ4n) is 2.69. The summed E-state index contributed by atoms with van der Waals surface area (Å²) >= 11 is 3.37. The van der Waals surface area contributed by atoms with Crippen LogP contribution in [0.2, 0.25) is 0 Å². The number of benzene rings is 2. The largest absolute Gasteiger partial charge is 0.494 e. The lowest BCUT2D eigenvalue weighted by molar-refractivity contribution is -0.123. The number of amides is 2. The molecule has 2 aromatic carbocycles. The third kappa shape index (κ3) is 6.68. The maximum atomic E-state index is 12.5. The molecule has 0 saturated carbocycles. The molecule has 0 radical (unpaired) electrons. The maximum Gasteiger partial charge on any atom is 0.253 e. The molecule has 0 fully saturated rings. The molecule has 2 amide bonds.